The van der Waals surface area contributed by atoms with Crippen molar-refractivity contribution < 1.29 is 4.74 Å². The van der Waals surface area contributed by atoms with E-state index < -0.39 is 0 Å². The van der Waals surface area contributed by atoms with E-state index in [1.54, 1.807) is 7.11 Å². The normalized spacial score (nSPS) is 17.9. The lowest BCUT2D eigenvalue weighted by molar-refractivity contribution is 0.414. The quantitative estimate of drug-likeness (QED) is 0.932. The number of methoxy groups -OCH3 is 1. The molecule has 1 aromatic heterocycles. The molecule has 0 bridgehead atoms. The molecule has 1 heterocycles. The van der Waals surface area contributed by atoms with Crippen molar-refractivity contribution in [3.05, 3.63) is 46.8 Å². The van der Waals surface area contributed by atoms with E-state index in [-0.39, 0.29) is 6.04 Å². The second-order valence-corrected chi connectivity index (χ2v) is 5.45. The summed E-state index contributed by atoms with van der Waals surface area (Å²) in [5.74, 6) is 0.883. The molecular formula is C16H21N3O. The largest absolute Gasteiger partial charge is 0.497 e. The number of hydrogen-bond donors (Lipinski definition) is 1. The third-order valence-corrected chi connectivity index (χ3v) is 4.11. The van der Waals surface area contributed by atoms with Crippen LogP contribution in [-0.2, 0) is 19.9 Å². The van der Waals surface area contributed by atoms with E-state index >= 15 is 0 Å². The minimum absolute atomic E-state index is 0.140. The van der Waals surface area contributed by atoms with E-state index in [1.165, 1.54) is 16.8 Å². The Bertz CT molecular complexity index is 601. The molecule has 1 unspecified atom stereocenters. The number of nitrogens with two attached hydrogens (primary N) is 1. The lowest BCUT2D eigenvalue weighted by atomic mass is 9.90. The topological polar surface area (TPSA) is 53.1 Å². The first-order chi connectivity index (χ1) is 9.69. The summed E-state index contributed by atoms with van der Waals surface area (Å²) in [4.78, 5) is 0. The van der Waals surface area contributed by atoms with Crippen LogP contribution in [0.3, 0.4) is 0 Å². The molecule has 2 N–H and O–H groups in total. The number of ether oxygens (including phenoxy) is 1. The molecule has 2 aromatic rings. The van der Waals surface area contributed by atoms with E-state index in [0.29, 0.717) is 0 Å². The highest BCUT2D eigenvalue weighted by molar-refractivity contribution is 5.36. The monoisotopic (exact) mass is 271 g/mol. The average Bonchev–Trinajstić information content (AvgIpc) is 2.78. The second kappa shape index (κ2) is 5.29. The van der Waals surface area contributed by atoms with Gasteiger partial charge in [-0.15, -0.1) is 0 Å². The van der Waals surface area contributed by atoms with Gasteiger partial charge in [0, 0.05) is 30.8 Å². The van der Waals surface area contributed by atoms with Gasteiger partial charge >= 0.3 is 0 Å². The molecule has 0 spiro atoms. The van der Waals surface area contributed by atoms with Crippen molar-refractivity contribution >= 4 is 0 Å². The molecule has 4 nitrogen and oxygen atoms in total. The summed E-state index contributed by atoms with van der Waals surface area (Å²) in [5, 5.41) is 4.69. The smallest absolute Gasteiger partial charge is 0.118 e. The van der Waals surface area contributed by atoms with Gasteiger partial charge in [-0.2, -0.15) is 5.10 Å². The van der Waals surface area contributed by atoms with Crippen LogP contribution in [-0.4, -0.2) is 16.9 Å². The molecule has 0 saturated carbocycles. The molecule has 0 fully saturated rings. The summed E-state index contributed by atoms with van der Waals surface area (Å²) in [6, 6.07) is 8.30. The molecule has 4 heteroatoms. The van der Waals surface area contributed by atoms with Crippen molar-refractivity contribution in [1.29, 1.82) is 0 Å². The van der Waals surface area contributed by atoms with E-state index in [1.807, 2.05) is 23.9 Å². The molecule has 1 aliphatic carbocycles. The number of benzene rings is 1. The van der Waals surface area contributed by atoms with Crippen molar-refractivity contribution in [1.82, 2.24) is 9.78 Å². The van der Waals surface area contributed by atoms with Crippen LogP contribution in [0.15, 0.2) is 24.3 Å². The highest BCUT2D eigenvalue weighted by Crippen LogP contribution is 2.31. The summed E-state index contributed by atoms with van der Waals surface area (Å²) in [5.41, 5.74) is 11.2. The predicted octanol–water partition coefficient (Wildman–Crippen LogP) is 2.36. The summed E-state index contributed by atoms with van der Waals surface area (Å²) < 4.78 is 7.20. The van der Waals surface area contributed by atoms with Crippen molar-refractivity contribution in [2.24, 2.45) is 12.8 Å². The zero-order valence-corrected chi connectivity index (χ0v) is 12.1. The lowest BCUT2D eigenvalue weighted by Crippen LogP contribution is -2.18. The van der Waals surface area contributed by atoms with Crippen molar-refractivity contribution in [2.45, 2.75) is 31.7 Å². The molecule has 0 aliphatic heterocycles. The molecule has 3 rings (SSSR count). The van der Waals surface area contributed by atoms with Crippen LogP contribution >= 0.6 is 0 Å². The average molecular weight is 271 g/mol. The van der Waals surface area contributed by atoms with Crippen LogP contribution in [0.5, 0.6) is 5.75 Å². The number of aromatic nitrogens is 2. The predicted molar refractivity (Wildman–Crippen MR) is 78.9 cm³/mol. The number of nitrogens with zero attached hydrogens (tertiary/aromatic N) is 2. The SMILES string of the molecule is COc1ccc(Cc2nn(C)c3c2C(N)CCC3)cc1. The number of hydrogen-bond acceptors (Lipinski definition) is 3. The van der Waals surface area contributed by atoms with E-state index in [2.05, 4.69) is 17.2 Å². The van der Waals surface area contributed by atoms with Gasteiger partial charge in [0.15, 0.2) is 0 Å². The third kappa shape index (κ3) is 2.31. The van der Waals surface area contributed by atoms with Crippen molar-refractivity contribution in [2.75, 3.05) is 7.11 Å². The highest BCUT2D eigenvalue weighted by atomic mass is 16.5. The van der Waals surface area contributed by atoms with Crippen LogP contribution in [0.1, 0.15) is 41.4 Å². The maximum Gasteiger partial charge on any atom is 0.118 e. The van der Waals surface area contributed by atoms with E-state index in [4.69, 9.17) is 10.5 Å². The van der Waals surface area contributed by atoms with Crippen LogP contribution in [0.2, 0.25) is 0 Å². The Hall–Kier alpha value is -1.81. The molecule has 20 heavy (non-hydrogen) atoms. The minimum atomic E-state index is 0.140. The summed E-state index contributed by atoms with van der Waals surface area (Å²) >= 11 is 0. The van der Waals surface area contributed by atoms with Gasteiger partial charge in [-0.25, -0.2) is 0 Å². The fourth-order valence-corrected chi connectivity index (χ4v) is 3.06. The van der Waals surface area contributed by atoms with Gasteiger partial charge in [-0.05, 0) is 37.0 Å². The van der Waals surface area contributed by atoms with Gasteiger partial charge in [-0.3, -0.25) is 4.68 Å². The van der Waals surface area contributed by atoms with Crippen molar-refractivity contribution in [3.8, 4) is 5.75 Å². The third-order valence-electron chi connectivity index (χ3n) is 4.11. The zero-order chi connectivity index (χ0) is 14.1. The van der Waals surface area contributed by atoms with Crippen LogP contribution in [0.25, 0.3) is 0 Å². The fraction of sp³-hybridized carbons (Fsp3) is 0.438. The molecule has 0 radical (unpaired) electrons. The second-order valence-electron chi connectivity index (χ2n) is 5.45. The van der Waals surface area contributed by atoms with E-state index in [0.717, 1.165) is 37.1 Å². The first-order valence-electron chi connectivity index (χ1n) is 7.12. The number of fused-ring (bicyclic) bond motifs is 1. The minimum Gasteiger partial charge on any atom is -0.497 e. The molecule has 0 saturated heterocycles. The Morgan fingerprint density at radius 2 is 2.10 bits per heavy atom. The van der Waals surface area contributed by atoms with Gasteiger partial charge in [-0.1, -0.05) is 12.1 Å². The molecular weight excluding hydrogens is 250 g/mol. The highest BCUT2D eigenvalue weighted by Gasteiger charge is 2.25. The van der Waals surface area contributed by atoms with Crippen LogP contribution in [0.4, 0.5) is 0 Å². The molecule has 106 valence electrons. The Balaban J connectivity index is 1.90. The van der Waals surface area contributed by atoms with Crippen molar-refractivity contribution in [3.63, 3.8) is 0 Å². The first kappa shape index (κ1) is 13.2. The summed E-state index contributed by atoms with van der Waals surface area (Å²) in [7, 11) is 3.71. The van der Waals surface area contributed by atoms with Crippen LogP contribution in [0, 0.1) is 0 Å². The van der Waals surface area contributed by atoms with Gasteiger partial charge < -0.3 is 10.5 Å². The Kier molecular flexibility index (Phi) is 3.49. The maximum absolute atomic E-state index is 6.29. The molecule has 1 aliphatic rings. The summed E-state index contributed by atoms with van der Waals surface area (Å²) in [6.07, 6.45) is 4.15. The standard InChI is InChI=1S/C16H21N3O/c1-19-15-5-3-4-13(17)16(15)14(18-19)10-11-6-8-12(20-2)9-7-11/h6-9,13H,3-5,10,17H2,1-2H3. The van der Waals surface area contributed by atoms with Crippen LogP contribution < -0.4 is 10.5 Å². The van der Waals surface area contributed by atoms with Gasteiger partial charge in [0.2, 0.25) is 0 Å². The number of aryl methyl sites for hydroxylation is 1. The maximum atomic E-state index is 6.29. The lowest BCUT2D eigenvalue weighted by Gasteiger charge is -2.20. The number of rotatable bonds is 3. The molecule has 0 amide bonds. The van der Waals surface area contributed by atoms with Gasteiger partial charge in [0.25, 0.3) is 0 Å². The molecule has 1 aromatic carbocycles. The molecule has 1 atom stereocenters. The van der Waals surface area contributed by atoms with Gasteiger partial charge in [0.1, 0.15) is 5.75 Å². The first-order valence-corrected chi connectivity index (χ1v) is 7.12. The van der Waals surface area contributed by atoms with Gasteiger partial charge in [0.05, 0.1) is 12.8 Å². The Morgan fingerprint density at radius 3 is 2.80 bits per heavy atom. The van der Waals surface area contributed by atoms with E-state index in [9.17, 15) is 0 Å². The summed E-state index contributed by atoms with van der Waals surface area (Å²) in [6.45, 7) is 0. The fourth-order valence-electron chi connectivity index (χ4n) is 3.06. The Labute approximate surface area is 119 Å². The zero-order valence-electron chi connectivity index (χ0n) is 12.1. The Morgan fingerprint density at radius 1 is 1.35 bits per heavy atom.